The van der Waals surface area contributed by atoms with Crippen LogP contribution in [0.3, 0.4) is 0 Å². The molecule has 2 heterocycles. The average Bonchev–Trinajstić information content (AvgIpc) is 2.71. The van der Waals surface area contributed by atoms with Gasteiger partial charge in [-0.15, -0.1) is 0 Å². The third-order valence-electron chi connectivity index (χ3n) is 4.68. The molecule has 146 valence electrons. The van der Waals surface area contributed by atoms with Crippen molar-refractivity contribution in [3.8, 4) is 11.5 Å². The van der Waals surface area contributed by atoms with Crippen molar-refractivity contribution < 1.29 is 13.9 Å². The Labute approximate surface area is 167 Å². The van der Waals surface area contributed by atoms with E-state index in [9.17, 15) is 4.39 Å². The van der Waals surface area contributed by atoms with Gasteiger partial charge >= 0.3 is 0 Å². The van der Waals surface area contributed by atoms with Gasteiger partial charge in [-0.2, -0.15) is 0 Å². The Morgan fingerprint density at radius 1 is 1.14 bits per heavy atom. The molecule has 1 fully saturated rings. The molecular formula is C20H20ClFN4O2. The van der Waals surface area contributed by atoms with Crippen molar-refractivity contribution in [1.29, 1.82) is 0 Å². The number of nitrogens with one attached hydrogen (secondary N) is 2. The number of ether oxygens (including phenoxy) is 2. The first-order valence-corrected chi connectivity index (χ1v) is 9.44. The van der Waals surface area contributed by atoms with Crippen LogP contribution in [0.15, 0.2) is 36.7 Å². The lowest BCUT2D eigenvalue weighted by atomic mass is 10.1. The van der Waals surface area contributed by atoms with Crippen molar-refractivity contribution in [3.05, 3.63) is 47.5 Å². The Morgan fingerprint density at radius 2 is 1.96 bits per heavy atom. The number of anilines is 2. The van der Waals surface area contributed by atoms with Gasteiger partial charge in [0.25, 0.3) is 0 Å². The SMILES string of the molecule is COc1cc2c(Nc3ccc(F)c(Cl)c3)ncnc2cc1OC1CCNCC1. The van der Waals surface area contributed by atoms with Gasteiger partial charge in [0.15, 0.2) is 11.5 Å². The molecule has 8 heteroatoms. The van der Waals surface area contributed by atoms with E-state index < -0.39 is 5.82 Å². The largest absolute Gasteiger partial charge is 0.493 e. The number of halogens is 2. The number of fused-ring (bicyclic) bond motifs is 1. The van der Waals surface area contributed by atoms with Crippen LogP contribution in [0.5, 0.6) is 11.5 Å². The zero-order chi connectivity index (χ0) is 19.5. The molecule has 0 radical (unpaired) electrons. The van der Waals surface area contributed by atoms with Gasteiger partial charge in [0.1, 0.15) is 24.1 Å². The zero-order valence-electron chi connectivity index (χ0n) is 15.3. The molecule has 2 N–H and O–H groups in total. The van der Waals surface area contributed by atoms with Gasteiger partial charge in [0, 0.05) is 17.1 Å². The summed E-state index contributed by atoms with van der Waals surface area (Å²) in [5.41, 5.74) is 1.34. The number of methoxy groups -OCH3 is 1. The molecule has 0 spiro atoms. The van der Waals surface area contributed by atoms with E-state index in [0.29, 0.717) is 23.0 Å². The summed E-state index contributed by atoms with van der Waals surface area (Å²) in [6.45, 7) is 1.88. The van der Waals surface area contributed by atoms with E-state index in [0.717, 1.165) is 36.8 Å². The highest BCUT2D eigenvalue weighted by Gasteiger charge is 2.18. The van der Waals surface area contributed by atoms with Crippen molar-refractivity contribution in [3.63, 3.8) is 0 Å². The number of rotatable bonds is 5. The summed E-state index contributed by atoms with van der Waals surface area (Å²) in [6.07, 6.45) is 3.51. The normalized spacial score (nSPS) is 14.8. The van der Waals surface area contributed by atoms with Crippen LogP contribution in [0.25, 0.3) is 10.9 Å². The summed E-state index contributed by atoms with van der Waals surface area (Å²) in [4.78, 5) is 8.67. The van der Waals surface area contributed by atoms with Gasteiger partial charge < -0.3 is 20.1 Å². The number of hydrogen-bond donors (Lipinski definition) is 2. The average molecular weight is 403 g/mol. The summed E-state index contributed by atoms with van der Waals surface area (Å²) in [6, 6.07) is 8.12. The summed E-state index contributed by atoms with van der Waals surface area (Å²) in [5, 5.41) is 7.29. The van der Waals surface area contributed by atoms with Gasteiger partial charge in [0.2, 0.25) is 0 Å². The first-order chi connectivity index (χ1) is 13.6. The van der Waals surface area contributed by atoms with E-state index in [-0.39, 0.29) is 11.1 Å². The Morgan fingerprint density at radius 3 is 2.71 bits per heavy atom. The van der Waals surface area contributed by atoms with Crippen LogP contribution in [-0.2, 0) is 0 Å². The molecule has 2 aromatic carbocycles. The maximum Gasteiger partial charge on any atom is 0.163 e. The van der Waals surface area contributed by atoms with Gasteiger partial charge in [-0.1, -0.05) is 11.6 Å². The highest BCUT2D eigenvalue weighted by atomic mass is 35.5. The number of piperidine rings is 1. The van der Waals surface area contributed by atoms with Crippen molar-refractivity contribution in [1.82, 2.24) is 15.3 Å². The lowest BCUT2D eigenvalue weighted by molar-refractivity contribution is 0.157. The maximum absolute atomic E-state index is 13.4. The highest BCUT2D eigenvalue weighted by Crippen LogP contribution is 2.36. The molecule has 0 atom stereocenters. The van der Waals surface area contributed by atoms with E-state index in [1.807, 2.05) is 12.1 Å². The Balaban J connectivity index is 1.67. The quantitative estimate of drug-likeness (QED) is 0.663. The van der Waals surface area contributed by atoms with Crippen LogP contribution in [0.1, 0.15) is 12.8 Å². The topological polar surface area (TPSA) is 68.3 Å². The van der Waals surface area contributed by atoms with Gasteiger partial charge in [-0.3, -0.25) is 0 Å². The van der Waals surface area contributed by atoms with E-state index in [1.54, 1.807) is 13.2 Å². The van der Waals surface area contributed by atoms with Crippen LogP contribution in [0, 0.1) is 5.82 Å². The van der Waals surface area contributed by atoms with E-state index >= 15 is 0 Å². The van der Waals surface area contributed by atoms with Crippen molar-refractivity contribution in [2.75, 3.05) is 25.5 Å². The molecule has 1 saturated heterocycles. The van der Waals surface area contributed by atoms with Crippen molar-refractivity contribution in [2.24, 2.45) is 0 Å². The summed E-state index contributed by atoms with van der Waals surface area (Å²) >= 11 is 5.87. The third-order valence-corrected chi connectivity index (χ3v) is 4.97. The Bertz CT molecular complexity index is 995. The number of benzene rings is 2. The monoisotopic (exact) mass is 402 g/mol. The fraction of sp³-hybridized carbons (Fsp3) is 0.300. The predicted molar refractivity (Wildman–Crippen MR) is 107 cm³/mol. The van der Waals surface area contributed by atoms with Gasteiger partial charge in [-0.05, 0) is 50.2 Å². The molecule has 0 amide bonds. The molecule has 4 rings (SSSR count). The zero-order valence-corrected chi connectivity index (χ0v) is 16.1. The van der Waals surface area contributed by atoms with Crippen LogP contribution in [0.4, 0.5) is 15.9 Å². The number of nitrogens with zero attached hydrogens (tertiary/aromatic N) is 2. The minimum Gasteiger partial charge on any atom is -0.493 e. The summed E-state index contributed by atoms with van der Waals surface area (Å²) < 4.78 is 25.1. The van der Waals surface area contributed by atoms with Crippen molar-refractivity contribution in [2.45, 2.75) is 18.9 Å². The molecule has 6 nitrogen and oxygen atoms in total. The second-order valence-electron chi connectivity index (χ2n) is 6.56. The molecule has 0 unspecified atom stereocenters. The standard InChI is InChI=1S/C20H20ClFN4O2/c1-27-18-9-14-17(10-19(18)28-13-4-6-23-7-5-13)24-11-25-20(14)26-12-2-3-16(22)15(21)8-12/h2-3,8-11,13,23H,4-7H2,1H3,(H,24,25,26). The smallest absolute Gasteiger partial charge is 0.163 e. The van der Waals surface area contributed by atoms with Crippen LogP contribution >= 0.6 is 11.6 Å². The molecule has 3 aromatic rings. The summed E-state index contributed by atoms with van der Waals surface area (Å²) in [5.74, 6) is 1.37. The third kappa shape index (κ3) is 3.95. The van der Waals surface area contributed by atoms with Gasteiger partial charge in [0.05, 0.1) is 17.6 Å². The summed E-state index contributed by atoms with van der Waals surface area (Å²) in [7, 11) is 1.60. The van der Waals surface area contributed by atoms with Gasteiger partial charge in [-0.25, -0.2) is 14.4 Å². The fourth-order valence-corrected chi connectivity index (χ4v) is 3.40. The van der Waals surface area contributed by atoms with Crippen LogP contribution < -0.4 is 20.1 Å². The molecule has 1 aliphatic rings. The van der Waals surface area contributed by atoms with E-state index in [4.69, 9.17) is 21.1 Å². The fourth-order valence-electron chi connectivity index (χ4n) is 3.22. The minimum atomic E-state index is -0.471. The van der Waals surface area contributed by atoms with E-state index in [2.05, 4.69) is 20.6 Å². The lowest BCUT2D eigenvalue weighted by Crippen LogP contribution is -2.34. The molecule has 0 bridgehead atoms. The Kier molecular flexibility index (Phi) is 5.45. The molecule has 1 aromatic heterocycles. The second-order valence-corrected chi connectivity index (χ2v) is 6.97. The van der Waals surface area contributed by atoms with E-state index in [1.165, 1.54) is 18.5 Å². The number of hydrogen-bond acceptors (Lipinski definition) is 6. The predicted octanol–water partition coefficient (Wildman–Crippen LogP) is 4.31. The first-order valence-electron chi connectivity index (χ1n) is 9.06. The molecule has 0 aliphatic carbocycles. The second kappa shape index (κ2) is 8.16. The maximum atomic E-state index is 13.4. The molecular weight excluding hydrogens is 383 g/mol. The van der Waals surface area contributed by atoms with Crippen LogP contribution in [0.2, 0.25) is 5.02 Å². The lowest BCUT2D eigenvalue weighted by Gasteiger charge is -2.25. The minimum absolute atomic E-state index is 0.0404. The molecule has 0 saturated carbocycles. The van der Waals surface area contributed by atoms with Crippen LogP contribution in [-0.4, -0.2) is 36.3 Å². The van der Waals surface area contributed by atoms with Crippen molar-refractivity contribution >= 4 is 34.0 Å². The Hall–Kier alpha value is -2.64. The number of aromatic nitrogens is 2. The highest BCUT2D eigenvalue weighted by molar-refractivity contribution is 6.31. The molecule has 1 aliphatic heterocycles. The first kappa shape index (κ1) is 18.7. The molecule has 28 heavy (non-hydrogen) atoms.